The summed E-state index contributed by atoms with van der Waals surface area (Å²) in [5.41, 5.74) is 6.21. The van der Waals surface area contributed by atoms with Crippen molar-refractivity contribution in [2.75, 3.05) is 26.2 Å². The normalized spacial score (nSPS) is 20.4. The van der Waals surface area contributed by atoms with Crippen molar-refractivity contribution in [3.8, 4) is 11.1 Å². The summed E-state index contributed by atoms with van der Waals surface area (Å²) < 4.78 is 13.3. The molecule has 0 aliphatic carbocycles. The van der Waals surface area contributed by atoms with Crippen LogP contribution in [0, 0.1) is 0 Å². The molecule has 258 valence electrons. The highest BCUT2D eigenvalue weighted by atomic mass is 16.7. The minimum atomic E-state index is -0.483. The Labute approximate surface area is 286 Å². The fourth-order valence-corrected chi connectivity index (χ4v) is 6.73. The molecule has 0 spiro atoms. The fourth-order valence-electron chi connectivity index (χ4n) is 6.73. The first-order valence-corrected chi connectivity index (χ1v) is 17.9. The molecule has 0 unspecified atom stereocenters. The van der Waals surface area contributed by atoms with Crippen molar-refractivity contribution in [1.29, 1.82) is 0 Å². The molecule has 0 bridgehead atoms. The fraction of sp³-hybridized carbons (Fsp3) is 0.500. The van der Waals surface area contributed by atoms with E-state index in [1.165, 1.54) is 39.0 Å². The van der Waals surface area contributed by atoms with Gasteiger partial charge in [-0.1, -0.05) is 98.5 Å². The smallest absolute Gasteiger partial charge is 0.220 e. The second-order valence-corrected chi connectivity index (χ2v) is 13.3. The second kappa shape index (κ2) is 18.8. The van der Waals surface area contributed by atoms with Crippen molar-refractivity contribution >= 4 is 11.8 Å². The average Bonchev–Trinajstić information content (AvgIpc) is 3.10. The third-order valence-corrected chi connectivity index (χ3v) is 9.47. The van der Waals surface area contributed by atoms with Crippen molar-refractivity contribution in [2.24, 2.45) is 0 Å². The van der Waals surface area contributed by atoms with Crippen molar-refractivity contribution in [3.05, 3.63) is 95.1 Å². The summed E-state index contributed by atoms with van der Waals surface area (Å²) in [5.74, 6) is 0.0199. The summed E-state index contributed by atoms with van der Waals surface area (Å²) in [4.78, 5) is 26.1. The Kier molecular flexibility index (Phi) is 14.0. The number of aliphatic hydroxyl groups excluding tert-OH is 1. The summed E-state index contributed by atoms with van der Waals surface area (Å²) in [7, 11) is 0. The molecule has 2 amide bonds. The molecular formula is C40H53N3O5. The van der Waals surface area contributed by atoms with E-state index >= 15 is 0 Å². The molecule has 5 rings (SSSR count). The van der Waals surface area contributed by atoms with Gasteiger partial charge in [-0.3, -0.25) is 9.59 Å². The average molecular weight is 656 g/mol. The Balaban J connectivity index is 1.23. The number of likely N-dealkylation sites (tertiary alicyclic amines) is 1. The van der Waals surface area contributed by atoms with Crippen LogP contribution in [-0.4, -0.2) is 54.1 Å². The van der Waals surface area contributed by atoms with Gasteiger partial charge < -0.3 is 30.1 Å². The number of rotatable bonds is 14. The lowest BCUT2D eigenvalue weighted by Gasteiger charge is -2.39. The van der Waals surface area contributed by atoms with Gasteiger partial charge in [-0.05, 0) is 66.6 Å². The molecule has 3 aromatic carbocycles. The van der Waals surface area contributed by atoms with Crippen molar-refractivity contribution in [2.45, 2.75) is 103 Å². The van der Waals surface area contributed by atoms with E-state index in [2.05, 4.69) is 64.1 Å². The highest BCUT2D eigenvalue weighted by Crippen LogP contribution is 2.39. The van der Waals surface area contributed by atoms with Crippen molar-refractivity contribution in [1.82, 2.24) is 15.5 Å². The molecule has 3 aromatic rings. The van der Waals surface area contributed by atoms with E-state index < -0.39 is 6.29 Å². The van der Waals surface area contributed by atoms with E-state index in [1.807, 2.05) is 24.3 Å². The maximum Gasteiger partial charge on any atom is 0.220 e. The van der Waals surface area contributed by atoms with Gasteiger partial charge in [-0.2, -0.15) is 0 Å². The third-order valence-electron chi connectivity index (χ3n) is 9.47. The van der Waals surface area contributed by atoms with Gasteiger partial charge in [0, 0.05) is 45.0 Å². The first kappa shape index (κ1) is 35.7. The molecular weight excluding hydrogens is 602 g/mol. The zero-order valence-electron chi connectivity index (χ0n) is 28.5. The van der Waals surface area contributed by atoms with E-state index in [4.69, 9.17) is 9.47 Å². The van der Waals surface area contributed by atoms with Crippen LogP contribution in [0.15, 0.2) is 72.8 Å². The molecule has 2 aliphatic rings. The molecule has 3 atom stereocenters. The lowest BCUT2D eigenvalue weighted by atomic mass is 9.97. The Bertz CT molecular complexity index is 1420. The molecule has 3 N–H and O–H groups in total. The molecule has 2 heterocycles. The van der Waals surface area contributed by atoms with E-state index in [1.54, 1.807) is 0 Å². The molecule has 0 aromatic heterocycles. The summed E-state index contributed by atoms with van der Waals surface area (Å²) in [6, 6.07) is 24.7. The predicted molar refractivity (Wildman–Crippen MR) is 189 cm³/mol. The quantitative estimate of drug-likeness (QED) is 0.162. The van der Waals surface area contributed by atoms with Gasteiger partial charge in [0.2, 0.25) is 11.8 Å². The summed E-state index contributed by atoms with van der Waals surface area (Å²) in [5, 5.41) is 15.4. The number of carbonyl (C=O) groups excluding carboxylic acids is 2. The maximum atomic E-state index is 12.5. The van der Waals surface area contributed by atoms with E-state index in [-0.39, 0.29) is 30.6 Å². The largest absolute Gasteiger partial charge is 0.392 e. The number of nitrogens with zero attached hydrogens (tertiary/aromatic N) is 1. The summed E-state index contributed by atoms with van der Waals surface area (Å²) >= 11 is 0. The first-order chi connectivity index (χ1) is 23.5. The molecule has 0 radical (unpaired) electrons. The molecule has 0 saturated carbocycles. The number of nitrogens with one attached hydrogen (secondary N) is 2. The molecule has 2 saturated heterocycles. The Morgan fingerprint density at radius 2 is 1.52 bits per heavy atom. The minimum Gasteiger partial charge on any atom is -0.392 e. The first-order valence-electron chi connectivity index (χ1n) is 17.9. The lowest BCUT2D eigenvalue weighted by Crippen LogP contribution is -2.40. The van der Waals surface area contributed by atoms with Gasteiger partial charge in [0.05, 0.1) is 18.8 Å². The number of benzene rings is 3. The topological polar surface area (TPSA) is 100 Å². The van der Waals surface area contributed by atoms with Gasteiger partial charge in [0.25, 0.3) is 0 Å². The molecule has 2 aliphatic heterocycles. The monoisotopic (exact) mass is 655 g/mol. The molecule has 48 heavy (non-hydrogen) atoms. The zero-order valence-corrected chi connectivity index (χ0v) is 28.5. The van der Waals surface area contributed by atoms with Crippen molar-refractivity contribution < 1.29 is 24.2 Å². The number of hydrogen-bond acceptors (Lipinski definition) is 6. The zero-order chi connectivity index (χ0) is 33.6. The summed E-state index contributed by atoms with van der Waals surface area (Å²) in [6.45, 7) is 5.81. The summed E-state index contributed by atoms with van der Waals surface area (Å²) in [6.07, 6.45) is 9.74. The number of amides is 2. The standard InChI is InChI=1S/C40H53N3O5/c1-30(45)41-23-9-5-6-14-39(46)42-27-35-12-7-8-13-37(35)32-19-21-34(22-20-32)40-47-36(28-43-24-10-3-2-4-11-25-43)26-38(48-40)33-17-15-31(29-44)16-18-33/h7-8,12-13,15-22,36,38,40,44H,2-6,9-11,14,23-29H2,1H3,(H,41,45)(H,42,46)/t36-,38+,40+/m0/s1. The highest BCUT2D eigenvalue weighted by molar-refractivity contribution is 5.76. The van der Waals surface area contributed by atoms with E-state index in [9.17, 15) is 14.7 Å². The number of unbranched alkanes of at least 4 members (excludes halogenated alkanes) is 2. The molecule has 8 heteroatoms. The van der Waals surface area contributed by atoms with Crippen LogP contribution in [-0.2, 0) is 32.2 Å². The number of hydrogen-bond donors (Lipinski definition) is 3. The number of aliphatic hydroxyl groups is 1. The van der Waals surface area contributed by atoms with E-state index in [0.717, 1.165) is 78.7 Å². The van der Waals surface area contributed by atoms with Crippen LogP contribution < -0.4 is 10.6 Å². The van der Waals surface area contributed by atoms with Crippen LogP contribution in [0.3, 0.4) is 0 Å². The number of carbonyl (C=O) groups is 2. The minimum absolute atomic E-state index is 0.0191. The van der Waals surface area contributed by atoms with Crippen LogP contribution in [0.5, 0.6) is 0 Å². The third kappa shape index (κ3) is 11.0. The van der Waals surface area contributed by atoms with Gasteiger partial charge in [-0.25, -0.2) is 0 Å². The van der Waals surface area contributed by atoms with Gasteiger partial charge in [0.1, 0.15) is 0 Å². The van der Waals surface area contributed by atoms with E-state index in [0.29, 0.717) is 19.5 Å². The van der Waals surface area contributed by atoms with Crippen LogP contribution in [0.25, 0.3) is 11.1 Å². The van der Waals surface area contributed by atoms with Crippen molar-refractivity contribution in [3.63, 3.8) is 0 Å². The molecule has 8 nitrogen and oxygen atoms in total. The van der Waals surface area contributed by atoms with Crippen LogP contribution in [0.2, 0.25) is 0 Å². The van der Waals surface area contributed by atoms with Crippen LogP contribution in [0.4, 0.5) is 0 Å². The Morgan fingerprint density at radius 3 is 2.25 bits per heavy atom. The van der Waals surface area contributed by atoms with Gasteiger partial charge >= 0.3 is 0 Å². The van der Waals surface area contributed by atoms with Gasteiger partial charge in [-0.15, -0.1) is 0 Å². The Morgan fingerprint density at radius 1 is 0.812 bits per heavy atom. The van der Waals surface area contributed by atoms with Gasteiger partial charge in [0.15, 0.2) is 6.29 Å². The SMILES string of the molecule is CC(=O)NCCCCCC(=O)NCc1ccccc1-c1ccc([C@@H]2O[C@H](CN3CCCCCCC3)C[C@H](c3ccc(CO)cc3)O2)cc1. The maximum absolute atomic E-state index is 12.5. The van der Waals surface area contributed by atoms with Crippen LogP contribution >= 0.6 is 0 Å². The predicted octanol–water partition coefficient (Wildman–Crippen LogP) is 6.97. The highest BCUT2D eigenvalue weighted by Gasteiger charge is 2.33. The lowest BCUT2D eigenvalue weighted by molar-refractivity contribution is -0.253. The Hall–Kier alpha value is -3.56. The number of ether oxygens (including phenoxy) is 2. The van der Waals surface area contributed by atoms with Crippen LogP contribution in [0.1, 0.15) is 106 Å². The molecule has 2 fully saturated rings. The second-order valence-electron chi connectivity index (χ2n) is 13.3.